The first-order valence-electron chi connectivity index (χ1n) is 6.33. The monoisotopic (exact) mass is 254 g/mol. The quantitative estimate of drug-likeness (QED) is 0.502. The van der Waals surface area contributed by atoms with Gasteiger partial charge in [0.15, 0.2) is 0 Å². The van der Waals surface area contributed by atoms with E-state index in [-0.39, 0.29) is 5.91 Å². The van der Waals surface area contributed by atoms with Crippen molar-refractivity contribution in [2.75, 3.05) is 0 Å². The molecular weight excluding hydrogens is 236 g/mol. The zero-order valence-electron chi connectivity index (χ0n) is 11.2. The maximum atomic E-state index is 11.9. The van der Waals surface area contributed by atoms with Crippen LogP contribution in [0.2, 0.25) is 0 Å². The van der Waals surface area contributed by atoms with Gasteiger partial charge in [-0.25, -0.2) is 5.84 Å². The molecule has 98 valence electrons. The Hall–Kier alpha value is -2.13. The highest BCUT2D eigenvalue weighted by molar-refractivity contribution is 6.00. The minimum Gasteiger partial charge on any atom is -0.290 e. The van der Waals surface area contributed by atoms with E-state index in [2.05, 4.69) is 25.3 Å². The Morgan fingerprint density at radius 2 is 1.79 bits per heavy atom. The lowest BCUT2D eigenvalue weighted by atomic mass is 9.93. The Morgan fingerprint density at radius 1 is 1.11 bits per heavy atom. The minimum absolute atomic E-state index is 0.263. The molecule has 0 saturated heterocycles. The molecule has 0 aromatic heterocycles. The summed E-state index contributed by atoms with van der Waals surface area (Å²) in [7, 11) is 0. The molecule has 2 aromatic rings. The van der Waals surface area contributed by atoms with Crippen LogP contribution in [0.5, 0.6) is 0 Å². The summed E-state index contributed by atoms with van der Waals surface area (Å²) in [5.41, 5.74) is 5.86. The number of carbonyl (C=O) groups excluding carboxylic acids is 1. The van der Waals surface area contributed by atoms with Crippen LogP contribution in [-0.4, -0.2) is 5.91 Å². The Morgan fingerprint density at radius 3 is 2.37 bits per heavy atom. The van der Waals surface area contributed by atoms with Crippen LogP contribution in [0, 0.1) is 0 Å². The van der Waals surface area contributed by atoms with Crippen LogP contribution in [-0.2, 0) is 0 Å². The van der Waals surface area contributed by atoms with Crippen molar-refractivity contribution in [2.24, 2.45) is 5.84 Å². The first-order chi connectivity index (χ1) is 9.13. The van der Waals surface area contributed by atoms with Crippen molar-refractivity contribution in [3.63, 3.8) is 0 Å². The second kappa shape index (κ2) is 5.67. The van der Waals surface area contributed by atoms with E-state index < -0.39 is 0 Å². The maximum absolute atomic E-state index is 11.9. The average Bonchev–Trinajstić information content (AvgIpc) is 2.46. The van der Waals surface area contributed by atoms with Gasteiger partial charge < -0.3 is 0 Å². The summed E-state index contributed by atoms with van der Waals surface area (Å²) in [6, 6.07) is 15.8. The van der Waals surface area contributed by atoms with E-state index in [0.717, 1.165) is 16.7 Å². The number of hydrogen-bond donors (Lipinski definition) is 2. The number of nitrogen functional groups attached to an aromatic ring is 1. The van der Waals surface area contributed by atoms with Gasteiger partial charge in [-0.1, -0.05) is 56.3 Å². The van der Waals surface area contributed by atoms with Crippen LogP contribution >= 0.6 is 0 Å². The fourth-order valence-electron chi connectivity index (χ4n) is 2.06. The van der Waals surface area contributed by atoms with E-state index in [4.69, 9.17) is 5.84 Å². The zero-order valence-corrected chi connectivity index (χ0v) is 11.2. The first-order valence-corrected chi connectivity index (χ1v) is 6.33. The van der Waals surface area contributed by atoms with Crippen molar-refractivity contribution in [3.8, 4) is 11.1 Å². The first kappa shape index (κ1) is 13.3. The molecule has 0 heterocycles. The molecule has 0 fully saturated rings. The SMILES string of the molecule is CC(C)c1ccc(-c2ccccc2)c(C(=O)NN)c1. The molecule has 0 aliphatic carbocycles. The van der Waals surface area contributed by atoms with Gasteiger partial charge in [-0.05, 0) is 28.7 Å². The molecule has 0 aliphatic rings. The van der Waals surface area contributed by atoms with Crippen LogP contribution in [0.1, 0.15) is 35.7 Å². The van der Waals surface area contributed by atoms with Crippen molar-refractivity contribution in [1.29, 1.82) is 0 Å². The van der Waals surface area contributed by atoms with E-state index in [0.29, 0.717) is 11.5 Å². The molecule has 3 N–H and O–H groups in total. The lowest BCUT2D eigenvalue weighted by Crippen LogP contribution is -2.30. The molecule has 0 saturated carbocycles. The molecule has 0 bridgehead atoms. The van der Waals surface area contributed by atoms with Crippen LogP contribution in [0.4, 0.5) is 0 Å². The highest BCUT2D eigenvalue weighted by Crippen LogP contribution is 2.27. The van der Waals surface area contributed by atoms with Gasteiger partial charge in [-0.15, -0.1) is 0 Å². The number of carbonyl (C=O) groups is 1. The zero-order chi connectivity index (χ0) is 13.8. The Bertz CT molecular complexity index is 577. The summed E-state index contributed by atoms with van der Waals surface area (Å²) in [6.45, 7) is 4.20. The second-order valence-corrected chi connectivity index (χ2v) is 4.80. The molecule has 3 heteroatoms. The van der Waals surface area contributed by atoms with E-state index in [1.807, 2.05) is 42.5 Å². The number of nitrogens with one attached hydrogen (secondary N) is 1. The van der Waals surface area contributed by atoms with Gasteiger partial charge in [0.2, 0.25) is 0 Å². The second-order valence-electron chi connectivity index (χ2n) is 4.80. The maximum Gasteiger partial charge on any atom is 0.265 e. The van der Waals surface area contributed by atoms with Crippen LogP contribution in [0.3, 0.4) is 0 Å². The number of hydrogen-bond acceptors (Lipinski definition) is 2. The summed E-state index contributed by atoms with van der Waals surface area (Å²) >= 11 is 0. The molecule has 1 amide bonds. The van der Waals surface area contributed by atoms with E-state index in [9.17, 15) is 4.79 Å². The van der Waals surface area contributed by atoms with Gasteiger partial charge >= 0.3 is 0 Å². The van der Waals surface area contributed by atoms with Gasteiger partial charge in [0, 0.05) is 5.56 Å². The largest absolute Gasteiger partial charge is 0.290 e. The lowest BCUT2D eigenvalue weighted by molar-refractivity contribution is 0.0954. The van der Waals surface area contributed by atoms with Crippen molar-refractivity contribution < 1.29 is 4.79 Å². The molecule has 0 spiro atoms. The standard InChI is InChI=1S/C16H18N2O/c1-11(2)13-8-9-14(12-6-4-3-5-7-12)15(10-13)16(19)18-17/h3-11H,17H2,1-2H3,(H,18,19). The van der Waals surface area contributed by atoms with Crippen LogP contribution < -0.4 is 11.3 Å². The fourth-order valence-corrected chi connectivity index (χ4v) is 2.06. The fraction of sp³-hybridized carbons (Fsp3) is 0.188. The molecule has 0 atom stereocenters. The normalized spacial score (nSPS) is 10.5. The topological polar surface area (TPSA) is 55.1 Å². The van der Waals surface area contributed by atoms with Crippen molar-refractivity contribution in [3.05, 3.63) is 59.7 Å². The van der Waals surface area contributed by atoms with Gasteiger partial charge in [-0.3, -0.25) is 10.2 Å². The average molecular weight is 254 g/mol. The number of amides is 1. The minimum atomic E-state index is -0.263. The molecule has 2 aromatic carbocycles. The number of hydrazine groups is 1. The van der Waals surface area contributed by atoms with Crippen LogP contribution in [0.25, 0.3) is 11.1 Å². The van der Waals surface area contributed by atoms with Gasteiger partial charge in [0.1, 0.15) is 0 Å². The third kappa shape index (κ3) is 2.83. The molecule has 3 nitrogen and oxygen atoms in total. The van der Waals surface area contributed by atoms with Gasteiger partial charge in [0.05, 0.1) is 0 Å². The summed E-state index contributed by atoms with van der Waals surface area (Å²) in [5.74, 6) is 5.38. The Labute approximate surface area is 113 Å². The van der Waals surface area contributed by atoms with Gasteiger partial charge in [-0.2, -0.15) is 0 Å². The molecule has 2 rings (SSSR count). The summed E-state index contributed by atoms with van der Waals surface area (Å²) in [4.78, 5) is 11.9. The molecule has 19 heavy (non-hydrogen) atoms. The summed E-state index contributed by atoms with van der Waals surface area (Å²) < 4.78 is 0. The highest BCUT2D eigenvalue weighted by atomic mass is 16.2. The lowest BCUT2D eigenvalue weighted by Gasteiger charge is -2.13. The van der Waals surface area contributed by atoms with Crippen molar-refractivity contribution >= 4 is 5.91 Å². The Balaban J connectivity index is 2.57. The number of nitrogens with two attached hydrogens (primary N) is 1. The van der Waals surface area contributed by atoms with Crippen molar-refractivity contribution in [2.45, 2.75) is 19.8 Å². The van der Waals surface area contributed by atoms with E-state index in [1.54, 1.807) is 0 Å². The third-order valence-corrected chi connectivity index (χ3v) is 3.17. The predicted molar refractivity (Wildman–Crippen MR) is 77.6 cm³/mol. The van der Waals surface area contributed by atoms with Crippen LogP contribution in [0.15, 0.2) is 48.5 Å². The molecular formula is C16H18N2O. The smallest absolute Gasteiger partial charge is 0.265 e. The number of benzene rings is 2. The van der Waals surface area contributed by atoms with Crippen molar-refractivity contribution in [1.82, 2.24) is 5.43 Å². The van der Waals surface area contributed by atoms with E-state index >= 15 is 0 Å². The Kier molecular flexibility index (Phi) is 3.97. The molecule has 0 unspecified atom stereocenters. The summed E-state index contributed by atoms with van der Waals surface area (Å²) in [6.07, 6.45) is 0. The van der Waals surface area contributed by atoms with E-state index in [1.165, 1.54) is 0 Å². The summed E-state index contributed by atoms with van der Waals surface area (Å²) in [5, 5.41) is 0. The van der Waals surface area contributed by atoms with Gasteiger partial charge in [0.25, 0.3) is 5.91 Å². The number of rotatable bonds is 3. The highest BCUT2D eigenvalue weighted by Gasteiger charge is 2.13. The third-order valence-electron chi connectivity index (χ3n) is 3.17. The molecule has 0 radical (unpaired) electrons. The predicted octanol–water partition coefficient (Wildman–Crippen LogP) is 3.08. The molecule has 0 aliphatic heterocycles.